The maximum absolute atomic E-state index is 9.88. The van der Waals surface area contributed by atoms with Crippen molar-refractivity contribution in [2.75, 3.05) is 0 Å². The van der Waals surface area contributed by atoms with E-state index in [1.54, 1.807) is 0 Å². The van der Waals surface area contributed by atoms with Gasteiger partial charge in [0.15, 0.2) is 0 Å². The summed E-state index contributed by atoms with van der Waals surface area (Å²) in [5.74, 6) is 0.432. The predicted molar refractivity (Wildman–Crippen MR) is 61.1 cm³/mol. The third-order valence-corrected chi connectivity index (χ3v) is 3.05. The Morgan fingerprint density at radius 3 is 2.73 bits per heavy atom. The van der Waals surface area contributed by atoms with Crippen molar-refractivity contribution >= 4 is 0 Å². The number of hydrogen-bond donors (Lipinski definition) is 1. The van der Waals surface area contributed by atoms with Crippen LogP contribution in [0.1, 0.15) is 16.7 Å². The highest BCUT2D eigenvalue weighted by Gasteiger charge is 2.20. The summed E-state index contributed by atoms with van der Waals surface area (Å²) in [6.07, 6.45) is 0.859. The molecule has 1 heteroatoms. The van der Waals surface area contributed by atoms with E-state index in [4.69, 9.17) is 0 Å². The van der Waals surface area contributed by atoms with E-state index >= 15 is 0 Å². The van der Waals surface area contributed by atoms with Gasteiger partial charge in [-0.1, -0.05) is 30.3 Å². The number of aromatic hydroxyl groups is 1. The standard InChI is InChI=1S/C14H12O/c1-9-6-12-11-5-3-2-4-10(11)8-13(12)14(15)7-9/h2-7,15H,8H2,1H3. The van der Waals surface area contributed by atoms with E-state index in [9.17, 15) is 5.11 Å². The summed E-state index contributed by atoms with van der Waals surface area (Å²) in [7, 11) is 0. The fourth-order valence-corrected chi connectivity index (χ4v) is 2.35. The van der Waals surface area contributed by atoms with Crippen molar-refractivity contribution in [3.8, 4) is 16.9 Å². The summed E-state index contributed by atoms with van der Waals surface area (Å²) in [6.45, 7) is 2.01. The second-order valence-corrected chi connectivity index (χ2v) is 4.14. The van der Waals surface area contributed by atoms with Gasteiger partial charge in [-0.2, -0.15) is 0 Å². The third-order valence-electron chi connectivity index (χ3n) is 3.05. The molecule has 2 aromatic carbocycles. The predicted octanol–water partition coefficient (Wildman–Crippen LogP) is 3.27. The molecule has 0 atom stereocenters. The van der Waals surface area contributed by atoms with Gasteiger partial charge in [-0.25, -0.2) is 0 Å². The lowest BCUT2D eigenvalue weighted by atomic mass is 10.0. The number of phenols is 1. The molecule has 0 fully saturated rings. The van der Waals surface area contributed by atoms with Gasteiger partial charge in [-0.15, -0.1) is 0 Å². The first-order chi connectivity index (χ1) is 7.25. The molecule has 15 heavy (non-hydrogen) atoms. The quantitative estimate of drug-likeness (QED) is 0.585. The second kappa shape index (κ2) is 2.86. The van der Waals surface area contributed by atoms with Gasteiger partial charge in [0.05, 0.1) is 0 Å². The molecular weight excluding hydrogens is 184 g/mol. The zero-order valence-electron chi connectivity index (χ0n) is 8.62. The van der Waals surface area contributed by atoms with Crippen molar-refractivity contribution < 1.29 is 5.11 Å². The Bertz CT molecular complexity index is 541. The van der Waals surface area contributed by atoms with Crippen LogP contribution in [-0.4, -0.2) is 5.11 Å². The zero-order valence-corrected chi connectivity index (χ0v) is 8.62. The average Bonchev–Trinajstić information content (AvgIpc) is 2.57. The van der Waals surface area contributed by atoms with Crippen molar-refractivity contribution in [2.24, 2.45) is 0 Å². The van der Waals surface area contributed by atoms with Gasteiger partial charge in [0, 0.05) is 12.0 Å². The van der Waals surface area contributed by atoms with Gasteiger partial charge < -0.3 is 5.11 Å². The van der Waals surface area contributed by atoms with Crippen molar-refractivity contribution in [1.29, 1.82) is 0 Å². The highest BCUT2D eigenvalue weighted by atomic mass is 16.3. The molecule has 0 bridgehead atoms. The van der Waals surface area contributed by atoms with Crippen LogP contribution in [-0.2, 0) is 6.42 Å². The van der Waals surface area contributed by atoms with Crippen LogP contribution in [0.25, 0.3) is 11.1 Å². The first-order valence-corrected chi connectivity index (χ1v) is 5.16. The van der Waals surface area contributed by atoms with E-state index in [2.05, 4.69) is 24.3 Å². The van der Waals surface area contributed by atoms with Crippen LogP contribution in [0.2, 0.25) is 0 Å². The lowest BCUT2D eigenvalue weighted by molar-refractivity contribution is 0.470. The van der Waals surface area contributed by atoms with Gasteiger partial charge >= 0.3 is 0 Å². The van der Waals surface area contributed by atoms with Crippen molar-refractivity contribution in [2.45, 2.75) is 13.3 Å². The first-order valence-electron chi connectivity index (χ1n) is 5.16. The number of benzene rings is 2. The molecular formula is C14H12O. The second-order valence-electron chi connectivity index (χ2n) is 4.14. The number of fused-ring (bicyclic) bond motifs is 3. The smallest absolute Gasteiger partial charge is 0.119 e. The minimum absolute atomic E-state index is 0.432. The summed E-state index contributed by atoms with van der Waals surface area (Å²) in [4.78, 5) is 0. The van der Waals surface area contributed by atoms with Crippen LogP contribution < -0.4 is 0 Å². The molecule has 1 aliphatic carbocycles. The van der Waals surface area contributed by atoms with Gasteiger partial charge in [0.2, 0.25) is 0 Å². The maximum Gasteiger partial charge on any atom is 0.119 e. The molecule has 74 valence electrons. The monoisotopic (exact) mass is 196 g/mol. The van der Waals surface area contributed by atoms with Crippen LogP contribution in [0.5, 0.6) is 5.75 Å². The van der Waals surface area contributed by atoms with Gasteiger partial charge in [-0.05, 0) is 35.2 Å². The molecule has 0 saturated carbocycles. The van der Waals surface area contributed by atoms with Crippen LogP contribution in [0, 0.1) is 6.92 Å². The normalized spacial score (nSPS) is 12.3. The number of aryl methyl sites for hydroxylation is 1. The molecule has 1 N–H and O–H groups in total. The Morgan fingerprint density at radius 2 is 1.87 bits per heavy atom. The Balaban J connectivity index is 2.33. The van der Waals surface area contributed by atoms with E-state index in [1.807, 2.05) is 19.1 Å². The van der Waals surface area contributed by atoms with E-state index in [-0.39, 0.29) is 0 Å². The molecule has 2 aromatic rings. The lowest BCUT2D eigenvalue weighted by Crippen LogP contribution is -1.83. The Morgan fingerprint density at radius 1 is 1.07 bits per heavy atom. The minimum atomic E-state index is 0.432. The Kier molecular flexibility index (Phi) is 1.63. The fourth-order valence-electron chi connectivity index (χ4n) is 2.35. The molecule has 0 radical (unpaired) electrons. The molecule has 0 spiro atoms. The third kappa shape index (κ3) is 1.16. The Hall–Kier alpha value is -1.76. The number of rotatable bonds is 0. The van der Waals surface area contributed by atoms with Crippen LogP contribution >= 0.6 is 0 Å². The van der Waals surface area contributed by atoms with Crippen LogP contribution in [0.4, 0.5) is 0 Å². The zero-order chi connectivity index (χ0) is 10.4. The van der Waals surface area contributed by atoms with Crippen LogP contribution in [0.15, 0.2) is 36.4 Å². The molecule has 1 aliphatic rings. The van der Waals surface area contributed by atoms with E-state index in [0.29, 0.717) is 5.75 Å². The summed E-state index contributed by atoms with van der Waals surface area (Å²) in [6, 6.07) is 12.3. The highest BCUT2D eigenvalue weighted by Crippen LogP contribution is 2.41. The van der Waals surface area contributed by atoms with Crippen LogP contribution in [0.3, 0.4) is 0 Å². The molecule has 0 amide bonds. The minimum Gasteiger partial charge on any atom is -0.508 e. The first kappa shape index (κ1) is 8.54. The van der Waals surface area contributed by atoms with Crippen molar-refractivity contribution in [3.05, 3.63) is 53.1 Å². The SMILES string of the molecule is Cc1cc(O)c2c(c1)-c1ccccc1C2. The van der Waals surface area contributed by atoms with Gasteiger partial charge in [-0.3, -0.25) is 0 Å². The lowest BCUT2D eigenvalue weighted by Gasteiger charge is -2.04. The molecule has 0 heterocycles. The van der Waals surface area contributed by atoms with Crippen molar-refractivity contribution in [1.82, 2.24) is 0 Å². The highest BCUT2D eigenvalue weighted by molar-refractivity contribution is 5.79. The molecule has 0 unspecified atom stereocenters. The van der Waals surface area contributed by atoms with E-state index in [0.717, 1.165) is 17.5 Å². The molecule has 0 aliphatic heterocycles. The Labute approximate surface area is 89.0 Å². The average molecular weight is 196 g/mol. The molecule has 3 rings (SSSR count). The summed E-state index contributed by atoms with van der Waals surface area (Å²) >= 11 is 0. The number of hydrogen-bond acceptors (Lipinski definition) is 1. The van der Waals surface area contributed by atoms with Gasteiger partial charge in [0.25, 0.3) is 0 Å². The molecule has 0 aromatic heterocycles. The maximum atomic E-state index is 9.88. The summed E-state index contributed by atoms with van der Waals surface area (Å²) in [5, 5.41) is 9.88. The van der Waals surface area contributed by atoms with E-state index in [1.165, 1.54) is 16.7 Å². The fraction of sp³-hybridized carbons (Fsp3) is 0.143. The molecule has 1 nitrogen and oxygen atoms in total. The van der Waals surface area contributed by atoms with Gasteiger partial charge in [0.1, 0.15) is 5.75 Å². The molecule has 0 saturated heterocycles. The topological polar surface area (TPSA) is 20.2 Å². The van der Waals surface area contributed by atoms with E-state index < -0.39 is 0 Å². The number of phenolic OH excluding ortho intramolecular Hbond substituents is 1. The summed E-state index contributed by atoms with van der Waals surface area (Å²) in [5.41, 5.74) is 5.97. The van der Waals surface area contributed by atoms with Crippen molar-refractivity contribution in [3.63, 3.8) is 0 Å². The summed E-state index contributed by atoms with van der Waals surface area (Å²) < 4.78 is 0. The largest absolute Gasteiger partial charge is 0.508 e.